The van der Waals surface area contributed by atoms with Crippen molar-refractivity contribution in [3.8, 4) is 6.19 Å². The molecule has 13 heavy (non-hydrogen) atoms. The van der Waals surface area contributed by atoms with Gasteiger partial charge in [-0.2, -0.15) is 5.26 Å². The van der Waals surface area contributed by atoms with Crippen LogP contribution in [0.25, 0.3) is 0 Å². The molecule has 0 saturated carbocycles. The van der Waals surface area contributed by atoms with Gasteiger partial charge < -0.3 is 15.4 Å². The molecule has 1 saturated heterocycles. The highest BCUT2D eigenvalue weighted by Gasteiger charge is 2.18. The molecule has 1 heterocycles. The summed E-state index contributed by atoms with van der Waals surface area (Å²) in [5, 5.41) is 8.57. The van der Waals surface area contributed by atoms with Crippen LogP contribution < -0.4 is 5.73 Å². The van der Waals surface area contributed by atoms with Crippen molar-refractivity contribution >= 4 is 6.09 Å². The van der Waals surface area contributed by atoms with Gasteiger partial charge in [-0.15, -0.1) is 0 Å². The number of ether oxygens (including phenoxy) is 1. The molecule has 0 atom stereocenters. The van der Waals surface area contributed by atoms with E-state index in [1.165, 1.54) is 0 Å². The number of rotatable bonds is 2. The van der Waals surface area contributed by atoms with Gasteiger partial charge in [0.25, 0.3) is 0 Å². The van der Waals surface area contributed by atoms with Gasteiger partial charge in [-0.05, 0) is 18.8 Å². The molecule has 0 aromatic heterocycles. The Morgan fingerprint density at radius 3 is 2.69 bits per heavy atom. The van der Waals surface area contributed by atoms with Crippen LogP contribution in [0.4, 0.5) is 4.79 Å². The van der Waals surface area contributed by atoms with E-state index in [1.807, 2.05) is 0 Å². The Morgan fingerprint density at radius 1 is 1.62 bits per heavy atom. The standard InChI is InChI=1S/C8H13N3O2/c9-6-11-3-1-7(2-4-11)5-13-8(10)12/h7H,1-5H2,(H2,10,12). The van der Waals surface area contributed by atoms with E-state index in [9.17, 15) is 4.79 Å². The zero-order chi connectivity index (χ0) is 9.68. The maximum atomic E-state index is 10.3. The fraction of sp³-hybridized carbons (Fsp3) is 0.750. The first-order valence-electron chi connectivity index (χ1n) is 4.29. The number of hydrogen-bond acceptors (Lipinski definition) is 4. The number of amides is 1. The molecule has 1 aliphatic rings. The van der Waals surface area contributed by atoms with Crippen LogP contribution in [0.2, 0.25) is 0 Å². The van der Waals surface area contributed by atoms with Crippen molar-refractivity contribution < 1.29 is 9.53 Å². The Balaban J connectivity index is 2.18. The van der Waals surface area contributed by atoms with Gasteiger partial charge in [-0.3, -0.25) is 0 Å². The molecule has 0 radical (unpaired) electrons. The van der Waals surface area contributed by atoms with E-state index in [-0.39, 0.29) is 0 Å². The molecule has 0 aromatic rings. The third-order valence-electron chi connectivity index (χ3n) is 2.22. The molecular formula is C8H13N3O2. The Labute approximate surface area is 77.1 Å². The molecule has 1 aliphatic heterocycles. The van der Waals surface area contributed by atoms with E-state index >= 15 is 0 Å². The molecule has 5 heteroatoms. The maximum Gasteiger partial charge on any atom is 0.404 e. The largest absolute Gasteiger partial charge is 0.449 e. The van der Waals surface area contributed by atoms with Gasteiger partial charge in [0.1, 0.15) is 0 Å². The quantitative estimate of drug-likeness (QED) is 0.623. The molecule has 1 rings (SSSR count). The molecule has 0 spiro atoms. The van der Waals surface area contributed by atoms with Crippen LogP contribution >= 0.6 is 0 Å². The highest BCUT2D eigenvalue weighted by atomic mass is 16.5. The highest BCUT2D eigenvalue weighted by molar-refractivity contribution is 5.64. The summed E-state index contributed by atoms with van der Waals surface area (Å²) in [6, 6.07) is 0. The molecular weight excluding hydrogens is 170 g/mol. The topological polar surface area (TPSA) is 79.3 Å². The number of nitriles is 1. The monoisotopic (exact) mass is 183 g/mol. The highest BCUT2D eigenvalue weighted by Crippen LogP contribution is 2.16. The third kappa shape index (κ3) is 3.20. The van der Waals surface area contributed by atoms with Crippen LogP contribution in [0.15, 0.2) is 0 Å². The summed E-state index contributed by atoms with van der Waals surface area (Å²) in [6.07, 6.45) is 3.15. The normalized spacial score (nSPS) is 17.9. The van der Waals surface area contributed by atoms with Crippen molar-refractivity contribution in [2.75, 3.05) is 19.7 Å². The third-order valence-corrected chi connectivity index (χ3v) is 2.22. The molecule has 0 aliphatic carbocycles. The minimum absolute atomic E-state index is 0.358. The molecule has 72 valence electrons. The van der Waals surface area contributed by atoms with Crippen LogP contribution in [0.5, 0.6) is 0 Å². The van der Waals surface area contributed by atoms with Gasteiger partial charge in [0.05, 0.1) is 6.61 Å². The van der Waals surface area contributed by atoms with Crippen molar-refractivity contribution in [3.63, 3.8) is 0 Å². The summed E-state index contributed by atoms with van der Waals surface area (Å²) in [5.74, 6) is 0.358. The summed E-state index contributed by atoms with van der Waals surface area (Å²) >= 11 is 0. The number of primary amides is 1. The fourth-order valence-electron chi connectivity index (χ4n) is 1.40. The van der Waals surface area contributed by atoms with Crippen molar-refractivity contribution in [2.24, 2.45) is 11.7 Å². The molecule has 1 amide bonds. The van der Waals surface area contributed by atoms with Crippen LogP contribution in [0, 0.1) is 17.4 Å². The summed E-state index contributed by atoms with van der Waals surface area (Å²) in [6.45, 7) is 1.89. The van der Waals surface area contributed by atoms with E-state index in [4.69, 9.17) is 11.0 Å². The first-order chi connectivity index (χ1) is 6.22. The second-order valence-electron chi connectivity index (χ2n) is 3.16. The van der Waals surface area contributed by atoms with E-state index in [2.05, 4.69) is 10.9 Å². The summed E-state index contributed by atoms with van der Waals surface area (Å²) in [5.41, 5.74) is 4.84. The van der Waals surface area contributed by atoms with Gasteiger partial charge >= 0.3 is 6.09 Å². The number of nitrogens with two attached hydrogens (primary N) is 1. The minimum Gasteiger partial charge on any atom is -0.449 e. The first-order valence-corrected chi connectivity index (χ1v) is 4.29. The lowest BCUT2D eigenvalue weighted by atomic mass is 9.98. The van der Waals surface area contributed by atoms with E-state index in [0.717, 1.165) is 25.9 Å². The molecule has 0 aromatic carbocycles. The summed E-state index contributed by atoms with van der Waals surface area (Å²) < 4.78 is 4.69. The van der Waals surface area contributed by atoms with Crippen LogP contribution in [-0.2, 0) is 4.74 Å². The van der Waals surface area contributed by atoms with Gasteiger partial charge in [-0.25, -0.2) is 4.79 Å². The Bertz CT molecular complexity index is 216. The van der Waals surface area contributed by atoms with Gasteiger partial charge in [-0.1, -0.05) is 0 Å². The Morgan fingerprint density at radius 2 is 2.23 bits per heavy atom. The average Bonchev–Trinajstić information content (AvgIpc) is 2.15. The van der Waals surface area contributed by atoms with Gasteiger partial charge in [0.15, 0.2) is 6.19 Å². The predicted molar refractivity (Wildman–Crippen MR) is 45.4 cm³/mol. The Kier molecular flexibility index (Phi) is 3.38. The van der Waals surface area contributed by atoms with Crippen molar-refractivity contribution in [1.29, 1.82) is 5.26 Å². The predicted octanol–water partition coefficient (Wildman–Crippen LogP) is 0.275. The van der Waals surface area contributed by atoms with E-state index in [0.29, 0.717) is 12.5 Å². The number of piperidine rings is 1. The fourth-order valence-corrected chi connectivity index (χ4v) is 1.40. The summed E-state index contributed by atoms with van der Waals surface area (Å²) in [4.78, 5) is 12.0. The van der Waals surface area contributed by atoms with E-state index < -0.39 is 6.09 Å². The van der Waals surface area contributed by atoms with Crippen molar-refractivity contribution in [2.45, 2.75) is 12.8 Å². The molecule has 2 N–H and O–H groups in total. The van der Waals surface area contributed by atoms with Crippen LogP contribution in [0.3, 0.4) is 0 Å². The number of carbonyl (C=O) groups is 1. The summed E-state index contributed by atoms with van der Waals surface area (Å²) in [7, 11) is 0. The number of likely N-dealkylation sites (tertiary alicyclic amines) is 1. The number of hydrogen-bond donors (Lipinski definition) is 1. The second-order valence-corrected chi connectivity index (χ2v) is 3.16. The second kappa shape index (κ2) is 4.55. The lowest BCUT2D eigenvalue weighted by Gasteiger charge is -2.27. The van der Waals surface area contributed by atoms with Crippen LogP contribution in [-0.4, -0.2) is 30.7 Å². The van der Waals surface area contributed by atoms with Crippen LogP contribution in [0.1, 0.15) is 12.8 Å². The molecule has 0 unspecified atom stereocenters. The molecule has 5 nitrogen and oxygen atoms in total. The zero-order valence-electron chi connectivity index (χ0n) is 7.40. The zero-order valence-corrected chi connectivity index (χ0v) is 7.40. The van der Waals surface area contributed by atoms with Crippen molar-refractivity contribution in [3.05, 3.63) is 0 Å². The lowest BCUT2D eigenvalue weighted by Crippen LogP contribution is -2.32. The molecule has 1 fully saturated rings. The average molecular weight is 183 g/mol. The molecule has 0 bridgehead atoms. The van der Waals surface area contributed by atoms with E-state index in [1.54, 1.807) is 4.90 Å². The number of carbonyl (C=O) groups excluding carboxylic acids is 1. The maximum absolute atomic E-state index is 10.3. The smallest absolute Gasteiger partial charge is 0.404 e. The number of nitrogens with zero attached hydrogens (tertiary/aromatic N) is 2. The minimum atomic E-state index is -0.720. The lowest BCUT2D eigenvalue weighted by molar-refractivity contribution is 0.115. The van der Waals surface area contributed by atoms with Gasteiger partial charge in [0, 0.05) is 13.1 Å². The Hall–Kier alpha value is -1.44. The van der Waals surface area contributed by atoms with Gasteiger partial charge in [0.2, 0.25) is 0 Å². The van der Waals surface area contributed by atoms with Crippen molar-refractivity contribution in [1.82, 2.24) is 4.90 Å². The SMILES string of the molecule is N#CN1CCC(COC(N)=O)CC1. The first kappa shape index (κ1) is 9.65.